The topological polar surface area (TPSA) is 75.6 Å². The van der Waals surface area contributed by atoms with Gasteiger partial charge in [-0.25, -0.2) is 0 Å². The summed E-state index contributed by atoms with van der Waals surface area (Å²) in [6, 6.07) is 6.69. The summed E-state index contributed by atoms with van der Waals surface area (Å²) < 4.78 is 5.93. The van der Waals surface area contributed by atoms with E-state index in [4.69, 9.17) is 9.84 Å². The van der Waals surface area contributed by atoms with Crippen LogP contribution in [0.3, 0.4) is 0 Å². The Morgan fingerprint density at radius 3 is 2.72 bits per heavy atom. The molecule has 2 rings (SSSR count). The molecule has 18 heavy (non-hydrogen) atoms. The number of nitrogens with one attached hydrogen (secondary N) is 1. The number of carbonyl (C=O) groups excluding carboxylic acids is 1. The van der Waals surface area contributed by atoms with Crippen molar-refractivity contribution in [3.63, 3.8) is 0 Å². The number of aliphatic carboxylic acids is 1. The van der Waals surface area contributed by atoms with Gasteiger partial charge in [-0.1, -0.05) is 12.1 Å². The fourth-order valence-corrected chi connectivity index (χ4v) is 2.46. The number of hydrogen-bond acceptors (Lipinski definition) is 3. The summed E-state index contributed by atoms with van der Waals surface area (Å²) in [5, 5.41) is 11.7. The smallest absolute Gasteiger partial charge is 0.311 e. The predicted molar refractivity (Wildman–Crippen MR) is 72.4 cm³/mol. The fourth-order valence-electron chi connectivity index (χ4n) is 1.83. The molecule has 1 aliphatic heterocycles. The Balaban J connectivity index is 2.08. The molecule has 6 heteroatoms. The Hall–Kier alpha value is -1.15. The zero-order chi connectivity index (χ0) is 13.1. The minimum atomic E-state index is -0.944. The van der Waals surface area contributed by atoms with E-state index < -0.39 is 17.9 Å². The average molecular weight is 361 g/mol. The van der Waals surface area contributed by atoms with E-state index in [9.17, 15) is 9.59 Å². The number of carbonyl (C=O) groups is 2. The zero-order valence-electron chi connectivity index (χ0n) is 9.43. The number of amides is 1. The van der Waals surface area contributed by atoms with Crippen LogP contribution in [0.25, 0.3) is 0 Å². The Kier molecular flexibility index (Phi) is 4.18. The first-order valence-corrected chi connectivity index (χ1v) is 6.53. The first kappa shape index (κ1) is 13.3. The van der Waals surface area contributed by atoms with Crippen LogP contribution in [0, 0.1) is 9.49 Å². The Labute approximate surface area is 118 Å². The first-order valence-electron chi connectivity index (χ1n) is 5.45. The number of halogens is 1. The highest BCUT2D eigenvalue weighted by Gasteiger charge is 2.35. The van der Waals surface area contributed by atoms with Crippen molar-refractivity contribution in [3.8, 4) is 0 Å². The lowest BCUT2D eigenvalue weighted by molar-refractivity contribution is -0.142. The summed E-state index contributed by atoms with van der Waals surface area (Å²) in [6.45, 7) is 0.387. The third kappa shape index (κ3) is 2.81. The molecule has 0 bridgehead atoms. The third-order valence-corrected chi connectivity index (χ3v) is 3.77. The lowest BCUT2D eigenvalue weighted by Gasteiger charge is -2.16. The maximum Gasteiger partial charge on any atom is 0.311 e. The van der Waals surface area contributed by atoms with Crippen molar-refractivity contribution >= 4 is 34.5 Å². The first-order chi connectivity index (χ1) is 8.59. The van der Waals surface area contributed by atoms with Gasteiger partial charge >= 0.3 is 5.97 Å². The highest BCUT2D eigenvalue weighted by molar-refractivity contribution is 14.1. The third-order valence-electron chi connectivity index (χ3n) is 2.83. The van der Waals surface area contributed by atoms with Crippen LogP contribution in [0.5, 0.6) is 0 Å². The minimum Gasteiger partial charge on any atom is -0.481 e. The number of carboxylic acid groups (broad SMARTS) is 1. The van der Waals surface area contributed by atoms with Crippen LogP contribution < -0.4 is 5.32 Å². The van der Waals surface area contributed by atoms with E-state index >= 15 is 0 Å². The van der Waals surface area contributed by atoms with Gasteiger partial charge < -0.3 is 15.2 Å². The van der Waals surface area contributed by atoms with Gasteiger partial charge in [-0.2, -0.15) is 0 Å². The van der Waals surface area contributed by atoms with Crippen LogP contribution in [-0.2, 0) is 9.53 Å². The van der Waals surface area contributed by atoms with Gasteiger partial charge in [-0.3, -0.25) is 9.59 Å². The van der Waals surface area contributed by atoms with Gasteiger partial charge in [0.05, 0.1) is 24.8 Å². The highest BCUT2D eigenvalue weighted by atomic mass is 127. The molecule has 96 valence electrons. The average Bonchev–Trinajstić information content (AvgIpc) is 2.77. The molecule has 1 aliphatic rings. The lowest BCUT2D eigenvalue weighted by Crippen LogP contribution is -2.42. The van der Waals surface area contributed by atoms with Crippen molar-refractivity contribution in [1.82, 2.24) is 5.32 Å². The van der Waals surface area contributed by atoms with E-state index in [2.05, 4.69) is 27.9 Å². The number of carboxylic acids is 1. The molecule has 1 aromatic rings. The number of ether oxygens (including phenoxy) is 1. The van der Waals surface area contributed by atoms with Crippen LogP contribution in [0.1, 0.15) is 10.4 Å². The Morgan fingerprint density at radius 2 is 2.06 bits per heavy atom. The summed E-state index contributed by atoms with van der Waals surface area (Å²) in [4.78, 5) is 23.0. The second-order valence-electron chi connectivity index (χ2n) is 4.04. The van der Waals surface area contributed by atoms with Gasteiger partial charge in [0, 0.05) is 3.57 Å². The SMILES string of the molecule is O=C(NC1COCC1C(=O)O)c1ccccc1I. The van der Waals surface area contributed by atoms with Crippen molar-refractivity contribution in [2.75, 3.05) is 13.2 Å². The molecule has 1 fully saturated rings. The summed E-state index contributed by atoms with van der Waals surface area (Å²) >= 11 is 2.07. The summed E-state index contributed by atoms with van der Waals surface area (Å²) in [5.41, 5.74) is 0.550. The van der Waals surface area contributed by atoms with Crippen LogP contribution in [-0.4, -0.2) is 36.2 Å². The second kappa shape index (κ2) is 5.66. The van der Waals surface area contributed by atoms with Crippen LogP contribution in [0.4, 0.5) is 0 Å². The second-order valence-corrected chi connectivity index (χ2v) is 5.20. The fraction of sp³-hybridized carbons (Fsp3) is 0.333. The Morgan fingerprint density at radius 1 is 1.33 bits per heavy atom. The van der Waals surface area contributed by atoms with Crippen LogP contribution >= 0.6 is 22.6 Å². The van der Waals surface area contributed by atoms with Crippen LogP contribution in [0.15, 0.2) is 24.3 Å². The largest absolute Gasteiger partial charge is 0.481 e. The minimum absolute atomic E-state index is 0.145. The molecule has 2 N–H and O–H groups in total. The van der Waals surface area contributed by atoms with Gasteiger partial charge in [0.25, 0.3) is 5.91 Å². The van der Waals surface area contributed by atoms with Gasteiger partial charge in [-0.15, -0.1) is 0 Å². The molecule has 1 amide bonds. The molecule has 1 saturated heterocycles. The van der Waals surface area contributed by atoms with E-state index in [0.29, 0.717) is 5.56 Å². The number of rotatable bonds is 3. The van der Waals surface area contributed by atoms with Crippen molar-refractivity contribution in [1.29, 1.82) is 0 Å². The maximum atomic E-state index is 12.0. The molecule has 2 unspecified atom stereocenters. The molecule has 0 spiro atoms. The van der Waals surface area contributed by atoms with E-state index in [1.807, 2.05) is 12.1 Å². The Bertz CT molecular complexity index is 477. The molecule has 5 nitrogen and oxygen atoms in total. The highest BCUT2D eigenvalue weighted by Crippen LogP contribution is 2.16. The summed E-state index contributed by atoms with van der Waals surface area (Å²) in [7, 11) is 0. The molecule has 0 saturated carbocycles. The normalized spacial score (nSPS) is 22.7. The standard InChI is InChI=1S/C12H12INO4/c13-9-4-2-1-3-7(9)11(15)14-10-6-18-5-8(10)12(16)17/h1-4,8,10H,5-6H2,(H,14,15)(H,16,17). The van der Waals surface area contributed by atoms with Crippen molar-refractivity contribution in [3.05, 3.63) is 33.4 Å². The van der Waals surface area contributed by atoms with E-state index in [1.54, 1.807) is 12.1 Å². The number of benzene rings is 1. The molecule has 0 radical (unpaired) electrons. The lowest BCUT2D eigenvalue weighted by atomic mass is 10.0. The quantitative estimate of drug-likeness (QED) is 0.792. The van der Waals surface area contributed by atoms with Gasteiger partial charge in [-0.05, 0) is 34.7 Å². The zero-order valence-corrected chi connectivity index (χ0v) is 11.6. The van der Waals surface area contributed by atoms with E-state index in [1.165, 1.54) is 0 Å². The molecule has 0 aliphatic carbocycles. The molecule has 1 aromatic carbocycles. The van der Waals surface area contributed by atoms with E-state index in [0.717, 1.165) is 3.57 Å². The predicted octanol–water partition coefficient (Wildman–Crippen LogP) is 1.12. The summed E-state index contributed by atoms with van der Waals surface area (Å²) in [5.74, 6) is -1.88. The molecular weight excluding hydrogens is 349 g/mol. The van der Waals surface area contributed by atoms with Crippen molar-refractivity contribution in [2.24, 2.45) is 5.92 Å². The van der Waals surface area contributed by atoms with Gasteiger partial charge in [0.2, 0.25) is 0 Å². The molecule has 1 heterocycles. The van der Waals surface area contributed by atoms with Crippen molar-refractivity contribution < 1.29 is 19.4 Å². The van der Waals surface area contributed by atoms with Crippen molar-refractivity contribution in [2.45, 2.75) is 6.04 Å². The molecule has 0 aromatic heterocycles. The number of hydrogen-bond donors (Lipinski definition) is 2. The van der Waals surface area contributed by atoms with Gasteiger partial charge in [0.15, 0.2) is 0 Å². The van der Waals surface area contributed by atoms with Gasteiger partial charge in [0.1, 0.15) is 5.92 Å². The van der Waals surface area contributed by atoms with E-state index in [-0.39, 0.29) is 19.1 Å². The van der Waals surface area contributed by atoms with Crippen LogP contribution in [0.2, 0.25) is 0 Å². The molecule has 2 atom stereocenters. The monoisotopic (exact) mass is 361 g/mol. The summed E-state index contributed by atoms with van der Waals surface area (Å²) in [6.07, 6.45) is 0. The molecular formula is C12H12INO4. The maximum absolute atomic E-state index is 12.0.